The first-order valence-corrected chi connectivity index (χ1v) is 17.8. The van der Waals surface area contributed by atoms with Gasteiger partial charge in [0.15, 0.2) is 0 Å². The Kier molecular flexibility index (Phi) is 16.9. The number of carbonyl (C=O) groups excluding carboxylic acids is 4. The minimum absolute atomic E-state index is 0.0347. The average molecular weight is 670 g/mol. The second-order valence-corrected chi connectivity index (χ2v) is 13.2. The molecule has 0 aliphatic heterocycles. The van der Waals surface area contributed by atoms with Crippen LogP contribution in [-0.2, 0) is 42.0 Å². The van der Waals surface area contributed by atoms with Crippen LogP contribution in [0.25, 0.3) is 0 Å². The minimum Gasteiger partial charge on any atom is -0.467 e. The maximum atomic E-state index is 13.4. The predicted molar refractivity (Wildman–Crippen MR) is 183 cm³/mol. The van der Waals surface area contributed by atoms with Crippen molar-refractivity contribution in [2.24, 2.45) is 0 Å². The van der Waals surface area contributed by atoms with Gasteiger partial charge in [-0.15, -0.1) is 23.5 Å². The van der Waals surface area contributed by atoms with E-state index in [0.717, 1.165) is 22.0 Å². The van der Waals surface area contributed by atoms with Gasteiger partial charge in [-0.1, -0.05) is 91.0 Å². The van der Waals surface area contributed by atoms with Crippen LogP contribution in [0.1, 0.15) is 23.1 Å². The molecule has 45 heavy (non-hydrogen) atoms. The smallest absolute Gasteiger partial charge is 0.407 e. The molecule has 3 rings (SSSR count). The van der Waals surface area contributed by atoms with E-state index in [4.69, 9.17) is 9.47 Å². The molecule has 3 amide bonds. The third kappa shape index (κ3) is 14.8. The summed E-state index contributed by atoms with van der Waals surface area (Å²) in [4.78, 5) is 50.7. The molecule has 3 aromatic carbocycles. The van der Waals surface area contributed by atoms with E-state index in [0.29, 0.717) is 11.5 Å². The fraction of sp³-hybridized carbons (Fsp3) is 0.333. The Morgan fingerprint density at radius 1 is 0.689 bits per heavy atom. The van der Waals surface area contributed by atoms with Gasteiger partial charge >= 0.3 is 12.1 Å². The summed E-state index contributed by atoms with van der Waals surface area (Å²) in [6, 6.07) is 27.4. The number of thioether (sulfide) groups is 3. The van der Waals surface area contributed by atoms with E-state index in [2.05, 4.69) is 28.1 Å². The van der Waals surface area contributed by atoms with Crippen molar-refractivity contribution in [2.75, 3.05) is 30.2 Å². The van der Waals surface area contributed by atoms with E-state index < -0.39 is 36.0 Å². The van der Waals surface area contributed by atoms with Crippen molar-refractivity contribution in [1.82, 2.24) is 16.0 Å². The zero-order chi connectivity index (χ0) is 32.1. The maximum absolute atomic E-state index is 13.4. The van der Waals surface area contributed by atoms with Crippen molar-refractivity contribution < 1.29 is 28.7 Å². The van der Waals surface area contributed by atoms with Crippen molar-refractivity contribution in [2.45, 2.75) is 36.6 Å². The number of benzene rings is 3. The summed E-state index contributed by atoms with van der Waals surface area (Å²) in [5, 5.41) is 8.82. The van der Waals surface area contributed by atoms with Gasteiger partial charge in [0, 0.05) is 41.1 Å². The second-order valence-electron chi connectivity index (χ2n) is 9.77. The summed E-state index contributed by atoms with van der Waals surface area (Å²) in [6.45, 7) is 0.151. The summed E-state index contributed by atoms with van der Waals surface area (Å²) in [7, 11) is 1.28. The van der Waals surface area contributed by atoms with E-state index >= 15 is 0 Å². The van der Waals surface area contributed by atoms with E-state index in [1.807, 2.05) is 78.9 Å². The zero-order valence-corrected chi connectivity index (χ0v) is 27.6. The molecule has 9 nitrogen and oxygen atoms in total. The molecule has 12 heteroatoms. The molecule has 0 fully saturated rings. The number of hydrogen-bond donors (Lipinski definition) is 3. The van der Waals surface area contributed by atoms with E-state index in [-0.39, 0.29) is 25.3 Å². The second kappa shape index (κ2) is 21.2. The highest BCUT2D eigenvalue weighted by molar-refractivity contribution is 8.15. The van der Waals surface area contributed by atoms with Crippen molar-refractivity contribution in [3.8, 4) is 0 Å². The van der Waals surface area contributed by atoms with Crippen molar-refractivity contribution >= 4 is 59.2 Å². The van der Waals surface area contributed by atoms with Crippen molar-refractivity contribution in [3.63, 3.8) is 0 Å². The van der Waals surface area contributed by atoms with Gasteiger partial charge in [0.05, 0.1) is 7.11 Å². The molecule has 2 atom stereocenters. The summed E-state index contributed by atoms with van der Waals surface area (Å²) in [5.74, 6) is 0.649. The molecule has 0 spiro atoms. The quantitative estimate of drug-likeness (QED) is 0.0920. The fourth-order valence-electron chi connectivity index (χ4n) is 3.91. The molecular weight excluding hydrogens is 631 g/mol. The first kappa shape index (κ1) is 35.9. The molecule has 0 heterocycles. The number of nitrogens with one attached hydrogen (secondary N) is 3. The number of esters is 1. The van der Waals surface area contributed by atoms with Gasteiger partial charge in [-0.05, 0) is 16.7 Å². The lowest BCUT2D eigenvalue weighted by Gasteiger charge is -2.22. The molecule has 0 saturated carbocycles. The number of alkyl carbamates (subject to hydrolysis) is 1. The Hall–Kier alpha value is -3.61. The van der Waals surface area contributed by atoms with Gasteiger partial charge in [-0.3, -0.25) is 9.59 Å². The van der Waals surface area contributed by atoms with Gasteiger partial charge in [-0.2, -0.15) is 11.8 Å². The van der Waals surface area contributed by atoms with Crippen LogP contribution in [0.4, 0.5) is 4.79 Å². The lowest BCUT2D eigenvalue weighted by Crippen LogP contribution is -2.53. The van der Waals surface area contributed by atoms with Gasteiger partial charge in [-0.25, -0.2) is 9.59 Å². The van der Waals surface area contributed by atoms with Crippen LogP contribution in [0.2, 0.25) is 0 Å². The van der Waals surface area contributed by atoms with E-state index in [1.165, 1.54) is 36.2 Å². The number of hydrogen-bond acceptors (Lipinski definition) is 9. The first-order valence-electron chi connectivity index (χ1n) is 14.4. The highest BCUT2D eigenvalue weighted by Crippen LogP contribution is 2.19. The highest BCUT2D eigenvalue weighted by Gasteiger charge is 2.27. The average Bonchev–Trinajstić information content (AvgIpc) is 3.07. The Morgan fingerprint density at radius 3 is 1.84 bits per heavy atom. The molecule has 0 radical (unpaired) electrons. The highest BCUT2D eigenvalue weighted by atomic mass is 32.2. The number of amides is 3. The summed E-state index contributed by atoms with van der Waals surface area (Å²) < 4.78 is 10.1. The summed E-state index contributed by atoms with van der Waals surface area (Å²) in [5.41, 5.74) is 3.15. The predicted octanol–water partition coefficient (Wildman–Crippen LogP) is 5.00. The van der Waals surface area contributed by atoms with Gasteiger partial charge in [0.25, 0.3) is 0 Å². The largest absolute Gasteiger partial charge is 0.467 e. The molecule has 3 N–H and O–H groups in total. The van der Waals surface area contributed by atoms with Crippen LogP contribution in [0.3, 0.4) is 0 Å². The molecule has 0 aromatic heterocycles. The maximum Gasteiger partial charge on any atom is 0.407 e. The Bertz CT molecular complexity index is 1320. The standard InChI is InChI=1S/C33H39N3O6S3/c1-41-32(39)29(23-45-24-44-21-27-15-9-4-10-16-27)36-31(38)28(22-43-20-26-13-7-3-8-14-26)35-30(37)17-18-34-33(40)42-19-25-11-5-2-6-12-25/h2-16,28-29H,17-24H2,1H3,(H,34,40)(H,35,37)(H,36,38)/t28-,29+/m0/s1. The molecule has 0 saturated heterocycles. The Labute approximate surface area is 277 Å². The van der Waals surface area contributed by atoms with Gasteiger partial charge in [0.2, 0.25) is 11.8 Å². The third-order valence-electron chi connectivity index (χ3n) is 6.25. The van der Waals surface area contributed by atoms with Crippen LogP contribution in [0.15, 0.2) is 91.0 Å². The fourth-order valence-corrected chi connectivity index (χ4v) is 7.00. The van der Waals surface area contributed by atoms with Crippen LogP contribution in [-0.4, -0.2) is 66.2 Å². The molecule has 240 valence electrons. The van der Waals surface area contributed by atoms with E-state index in [1.54, 1.807) is 11.8 Å². The molecule has 0 aliphatic rings. The molecule has 0 unspecified atom stereocenters. The monoisotopic (exact) mass is 669 g/mol. The van der Waals surface area contributed by atoms with Crippen LogP contribution >= 0.6 is 35.3 Å². The Balaban J connectivity index is 1.49. The van der Waals surface area contributed by atoms with Crippen LogP contribution in [0, 0.1) is 0 Å². The Morgan fingerprint density at radius 2 is 1.24 bits per heavy atom. The third-order valence-corrected chi connectivity index (χ3v) is 9.79. The topological polar surface area (TPSA) is 123 Å². The summed E-state index contributed by atoms with van der Waals surface area (Å²) >= 11 is 4.74. The van der Waals surface area contributed by atoms with Crippen LogP contribution in [0.5, 0.6) is 0 Å². The molecule has 3 aromatic rings. The summed E-state index contributed by atoms with van der Waals surface area (Å²) in [6.07, 6.45) is -0.692. The number of rotatable bonds is 19. The first-order chi connectivity index (χ1) is 21.9. The number of carbonyl (C=O) groups is 4. The lowest BCUT2D eigenvalue weighted by atomic mass is 10.2. The normalized spacial score (nSPS) is 11.9. The molecule has 0 aliphatic carbocycles. The number of methoxy groups -OCH3 is 1. The van der Waals surface area contributed by atoms with Crippen LogP contribution < -0.4 is 16.0 Å². The van der Waals surface area contributed by atoms with Gasteiger partial charge in [0.1, 0.15) is 18.7 Å². The lowest BCUT2D eigenvalue weighted by molar-refractivity contribution is -0.144. The minimum atomic E-state index is -0.902. The van der Waals surface area contributed by atoms with Crippen molar-refractivity contribution in [3.05, 3.63) is 108 Å². The SMILES string of the molecule is COC(=O)[C@@H](CSCSCc1ccccc1)NC(=O)[C@H](CSCc1ccccc1)NC(=O)CCNC(=O)OCc1ccccc1. The molecule has 0 bridgehead atoms. The van der Waals surface area contributed by atoms with E-state index in [9.17, 15) is 19.2 Å². The number of ether oxygens (including phenoxy) is 2. The molecular formula is C33H39N3O6S3. The zero-order valence-electron chi connectivity index (χ0n) is 25.1. The van der Waals surface area contributed by atoms with Gasteiger partial charge < -0.3 is 25.4 Å². The van der Waals surface area contributed by atoms with Crippen molar-refractivity contribution in [1.29, 1.82) is 0 Å².